The van der Waals surface area contributed by atoms with Gasteiger partial charge < -0.3 is 16.0 Å². The number of nitrogens with one attached hydrogen (secondary N) is 1. The van der Waals surface area contributed by atoms with Crippen LogP contribution in [-0.2, 0) is 0 Å². The minimum absolute atomic E-state index is 0.181. The van der Waals surface area contributed by atoms with Crippen LogP contribution in [0.5, 0.6) is 0 Å². The van der Waals surface area contributed by atoms with Gasteiger partial charge >= 0.3 is 6.18 Å². The molecule has 0 bridgehead atoms. The normalized spacial score (nSPS) is 35.0. The Hall–Kier alpha value is -1.54. The number of piperazine rings is 1. The smallest absolute Gasteiger partial charge is 0.381 e. The van der Waals surface area contributed by atoms with E-state index in [0.29, 0.717) is 25.2 Å². The van der Waals surface area contributed by atoms with E-state index in [1.165, 1.54) is 12.8 Å². The van der Waals surface area contributed by atoms with E-state index in [-0.39, 0.29) is 12.1 Å². The highest BCUT2D eigenvalue weighted by molar-refractivity contribution is 5.54. The summed E-state index contributed by atoms with van der Waals surface area (Å²) >= 11 is 0. The van der Waals surface area contributed by atoms with Gasteiger partial charge in [-0.1, -0.05) is 0 Å². The first-order chi connectivity index (χ1) is 14.1. The second-order valence-corrected chi connectivity index (χ2v) is 9.76. The summed E-state index contributed by atoms with van der Waals surface area (Å²) in [6, 6.07) is 4.57. The van der Waals surface area contributed by atoms with Gasteiger partial charge in [-0.2, -0.15) is 13.2 Å². The van der Waals surface area contributed by atoms with Gasteiger partial charge in [0.15, 0.2) is 0 Å². The fourth-order valence-corrected chi connectivity index (χ4v) is 5.94. The zero-order chi connectivity index (χ0) is 21.6. The van der Waals surface area contributed by atoms with E-state index in [0.717, 1.165) is 41.9 Å². The van der Waals surface area contributed by atoms with Crippen molar-refractivity contribution in [2.75, 3.05) is 29.9 Å². The molecular weight excluding hydrogens is 391 g/mol. The molecule has 0 amide bonds. The summed E-state index contributed by atoms with van der Waals surface area (Å²) in [7, 11) is 0. The van der Waals surface area contributed by atoms with Gasteiger partial charge in [0.2, 0.25) is 0 Å². The number of hydrogen-bond acceptors (Lipinski definition) is 5. The van der Waals surface area contributed by atoms with Gasteiger partial charge in [0.05, 0.1) is 17.9 Å². The van der Waals surface area contributed by atoms with E-state index < -0.39 is 12.7 Å². The number of nitrogens with zero attached hydrogens (tertiary/aromatic N) is 3. The summed E-state index contributed by atoms with van der Waals surface area (Å²) in [6.45, 7) is 5.97. The van der Waals surface area contributed by atoms with Crippen LogP contribution in [-0.4, -0.2) is 59.9 Å². The third-order valence-corrected chi connectivity index (χ3v) is 7.27. The van der Waals surface area contributed by atoms with E-state index in [2.05, 4.69) is 16.3 Å². The molecular formula is C22H34F3N5. The average molecular weight is 426 g/mol. The van der Waals surface area contributed by atoms with Crippen molar-refractivity contribution >= 4 is 11.5 Å². The highest BCUT2D eigenvalue weighted by Crippen LogP contribution is 2.44. The molecule has 1 aliphatic heterocycles. The number of nitrogens with two attached hydrogens (primary N) is 1. The van der Waals surface area contributed by atoms with Gasteiger partial charge in [0.1, 0.15) is 5.82 Å². The molecule has 3 fully saturated rings. The number of alkyl halides is 3. The first kappa shape index (κ1) is 21.7. The zero-order valence-corrected chi connectivity index (χ0v) is 18.1. The Bertz CT molecular complexity index is 729. The lowest BCUT2D eigenvalue weighted by atomic mass is 10.0. The van der Waals surface area contributed by atoms with Crippen LogP contribution >= 0.6 is 0 Å². The number of rotatable bonds is 4. The summed E-state index contributed by atoms with van der Waals surface area (Å²) in [6.07, 6.45) is 0.480. The second-order valence-electron chi connectivity index (χ2n) is 9.76. The first-order valence-corrected chi connectivity index (χ1v) is 11.2. The third-order valence-electron chi connectivity index (χ3n) is 7.27. The monoisotopic (exact) mass is 425 g/mol. The molecule has 0 spiro atoms. The van der Waals surface area contributed by atoms with Gasteiger partial charge in [-0.15, -0.1) is 0 Å². The van der Waals surface area contributed by atoms with E-state index >= 15 is 0 Å². The van der Waals surface area contributed by atoms with Gasteiger partial charge in [-0.3, -0.25) is 4.90 Å². The van der Waals surface area contributed by atoms with Crippen molar-refractivity contribution in [3.63, 3.8) is 0 Å². The summed E-state index contributed by atoms with van der Waals surface area (Å²) in [5.74, 6) is 2.35. The quantitative estimate of drug-likeness (QED) is 0.769. The summed E-state index contributed by atoms with van der Waals surface area (Å²) in [4.78, 5) is 8.45. The zero-order valence-electron chi connectivity index (χ0n) is 18.1. The molecule has 8 heteroatoms. The maximum atomic E-state index is 12.9. The molecule has 168 valence electrons. The van der Waals surface area contributed by atoms with Crippen LogP contribution < -0.4 is 16.0 Å². The van der Waals surface area contributed by atoms with E-state index in [4.69, 9.17) is 10.7 Å². The maximum Gasteiger partial charge on any atom is 0.401 e. The van der Waals surface area contributed by atoms with Crippen molar-refractivity contribution in [3.05, 3.63) is 17.8 Å². The van der Waals surface area contributed by atoms with Crippen molar-refractivity contribution in [3.8, 4) is 0 Å². The Morgan fingerprint density at radius 3 is 2.20 bits per heavy atom. The second kappa shape index (κ2) is 8.19. The summed E-state index contributed by atoms with van der Waals surface area (Å²) < 4.78 is 38.7. The maximum absolute atomic E-state index is 12.9. The number of pyridine rings is 1. The Morgan fingerprint density at radius 2 is 1.67 bits per heavy atom. The molecule has 2 unspecified atom stereocenters. The average Bonchev–Trinajstić information content (AvgIpc) is 3.15. The number of halogens is 3. The van der Waals surface area contributed by atoms with Crippen LogP contribution in [0, 0.1) is 18.8 Å². The predicted molar refractivity (Wildman–Crippen MR) is 114 cm³/mol. The van der Waals surface area contributed by atoms with Crippen LogP contribution in [0.3, 0.4) is 0 Å². The number of anilines is 2. The lowest BCUT2D eigenvalue weighted by Crippen LogP contribution is -2.59. The molecule has 3 N–H and O–H groups in total. The van der Waals surface area contributed by atoms with E-state index in [1.807, 2.05) is 26.8 Å². The molecule has 0 aromatic carbocycles. The van der Waals surface area contributed by atoms with Crippen LogP contribution in [0.15, 0.2) is 12.1 Å². The summed E-state index contributed by atoms with van der Waals surface area (Å²) in [5, 5.41) is 3.68. The van der Waals surface area contributed by atoms with Crippen molar-refractivity contribution in [2.24, 2.45) is 17.6 Å². The van der Waals surface area contributed by atoms with Crippen molar-refractivity contribution in [1.29, 1.82) is 0 Å². The van der Waals surface area contributed by atoms with E-state index in [1.54, 1.807) is 4.90 Å². The number of hydrogen-bond donors (Lipinski definition) is 2. The Morgan fingerprint density at radius 1 is 1.07 bits per heavy atom. The van der Waals surface area contributed by atoms with Gasteiger partial charge in [-0.05, 0) is 70.4 Å². The molecule has 30 heavy (non-hydrogen) atoms. The Labute approximate surface area is 177 Å². The van der Waals surface area contributed by atoms with Gasteiger partial charge in [0, 0.05) is 37.3 Å². The molecule has 1 aromatic rings. The molecule has 1 saturated heterocycles. The Kier molecular flexibility index (Phi) is 5.92. The SMILES string of the molecule is Cc1nc(N2C[C@@H](C)N(CC(F)(F)F)[C@@H](C)C2)ccc1NC1C[C@H]2CC(N)C[C@H]2C1. The third kappa shape index (κ3) is 4.69. The molecule has 0 radical (unpaired) electrons. The minimum Gasteiger partial charge on any atom is -0.381 e. The highest BCUT2D eigenvalue weighted by atomic mass is 19.4. The van der Waals surface area contributed by atoms with Crippen LogP contribution in [0.4, 0.5) is 24.7 Å². The fraction of sp³-hybridized carbons (Fsp3) is 0.773. The predicted octanol–water partition coefficient (Wildman–Crippen LogP) is 3.78. The molecule has 3 aliphatic rings. The number of fused-ring (bicyclic) bond motifs is 1. The lowest BCUT2D eigenvalue weighted by molar-refractivity contribution is -0.156. The molecule has 2 aliphatic carbocycles. The van der Waals surface area contributed by atoms with Crippen molar-refractivity contribution in [2.45, 2.75) is 76.8 Å². The standard InChI is InChI=1S/C22H34F3N5/c1-13-10-29(11-14(2)30(13)12-22(23,24)25)21-5-4-20(15(3)27-21)28-19-8-16-6-18(26)7-17(16)9-19/h4-5,13-14,16-19,28H,6-12,26H2,1-3H3/t13-,14+,16-,17+,18?,19?. The van der Waals surface area contributed by atoms with Gasteiger partial charge in [0.25, 0.3) is 0 Å². The minimum atomic E-state index is -4.17. The fourth-order valence-electron chi connectivity index (χ4n) is 5.94. The lowest BCUT2D eigenvalue weighted by Gasteiger charge is -2.45. The first-order valence-electron chi connectivity index (χ1n) is 11.2. The van der Waals surface area contributed by atoms with Crippen LogP contribution in [0.2, 0.25) is 0 Å². The topological polar surface area (TPSA) is 57.4 Å². The number of aryl methyl sites for hydroxylation is 1. The molecule has 1 aromatic heterocycles. The molecule has 5 nitrogen and oxygen atoms in total. The van der Waals surface area contributed by atoms with Crippen LogP contribution in [0.25, 0.3) is 0 Å². The van der Waals surface area contributed by atoms with Gasteiger partial charge in [-0.25, -0.2) is 4.98 Å². The van der Waals surface area contributed by atoms with Crippen LogP contribution in [0.1, 0.15) is 45.2 Å². The van der Waals surface area contributed by atoms with E-state index in [9.17, 15) is 13.2 Å². The molecule has 6 atom stereocenters. The highest BCUT2D eigenvalue weighted by Gasteiger charge is 2.41. The van der Waals surface area contributed by atoms with Crippen molar-refractivity contribution in [1.82, 2.24) is 9.88 Å². The number of aromatic nitrogens is 1. The largest absolute Gasteiger partial charge is 0.401 e. The molecule has 2 saturated carbocycles. The summed E-state index contributed by atoms with van der Waals surface area (Å²) in [5.41, 5.74) is 8.10. The van der Waals surface area contributed by atoms with Crippen molar-refractivity contribution < 1.29 is 13.2 Å². The Balaban J connectivity index is 1.38. The molecule has 4 rings (SSSR count). The molecule has 2 heterocycles.